The molecule has 0 unspecified atom stereocenters. The average molecular weight is 379 g/mol. The first kappa shape index (κ1) is 17.1. The Balaban J connectivity index is 1.62. The molecule has 27 heavy (non-hydrogen) atoms. The van der Waals surface area contributed by atoms with Crippen LogP contribution in [-0.4, -0.2) is 29.5 Å². The first-order chi connectivity index (χ1) is 13.2. The minimum atomic E-state index is -0.194. The highest BCUT2D eigenvalue weighted by Crippen LogP contribution is 2.26. The van der Waals surface area contributed by atoms with Crippen molar-refractivity contribution in [1.29, 1.82) is 0 Å². The van der Waals surface area contributed by atoms with Crippen LogP contribution in [0.5, 0.6) is 11.5 Å². The van der Waals surface area contributed by atoms with E-state index < -0.39 is 0 Å². The second-order valence-electron chi connectivity index (χ2n) is 5.81. The van der Waals surface area contributed by atoms with Crippen LogP contribution in [0.25, 0.3) is 16.2 Å². The van der Waals surface area contributed by atoms with Gasteiger partial charge in [0.1, 0.15) is 17.2 Å². The lowest BCUT2D eigenvalue weighted by Gasteiger charge is -2.05. The SMILES string of the molecule is COc1ccc(NC(=O)c2csc3nc(-c4cccc(OC)c4)cn23)cc1. The number of rotatable bonds is 5. The van der Waals surface area contributed by atoms with E-state index in [1.54, 1.807) is 48.3 Å². The van der Waals surface area contributed by atoms with Gasteiger partial charge in [-0.2, -0.15) is 0 Å². The maximum Gasteiger partial charge on any atom is 0.273 e. The fourth-order valence-electron chi connectivity index (χ4n) is 2.74. The van der Waals surface area contributed by atoms with Crippen LogP contribution in [0, 0.1) is 0 Å². The summed E-state index contributed by atoms with van der Waals surface area (Å²) in [5.74, 6) is 1.31. The zero-order chi connectivity index (χ0) is 18.8. The van der Waals surface area contributed by atoms with Crippen LogP contribution in [-0.2, 0) is 0 Å². The van der Waals surface area contributed by atoms with Gasteiger partial charge in [-0.25, -0.2) is 4.98 Å². The van der Waals surface area contributed by atoms with Crippen LogP contribution >= 0.6 is 11.3 Å². The number of ether oxygens (including phenoxy) is 2. The predicted molar refractivity (Wildman–Crippen MR) is 106 cm³/mol. The third kappa shape index (κ3) is 3.37. The Morgan fingerprint density at radius 3 is 2.59 bits per heavy atom. The van der Waals surface area contributed by atoms with Crippen molar-refractivity contribution in [2.24, 2.45) is 0 Å². The Kier molecular flexibility index (Phi) is 4.52. The Hall–Kier alpha value is -3.32. The van der Waals surface area contributed by atoms with Crippen molar-refractivity contribution < 1.29 is 14.3 Å². The van der Waals surface area contributed by atoms with E-state index in [0.717, 1.165) is 27.7 Å². The third-order valence-corrected chi connectivity index (χ3v) is 5.00. The van der Waals surface area contributed by atoms with Crippen LogP contribution < -0.4 is 14.8 Å². The molecule has 7 heteroatoms. The first-order valence-electron chi connectivity index (χ1n) is 8.24. The number of thiazole rings is 1. The van der Waals surface area contributed by atoms with E-state index in [2.05, 4.69) is 10.3 Å². The molecule has 2 aromatic carbocycles. The monoisotopic (exact) mass is 379 g/mol. The largest absolute Gasteiger partial charge is 0.497 e. The summed E-state index contributed by atoms with van der Waals surface area (Å²) >= 11 is 1.42. The molecular formula is C20H17N3O3S. The minimum Gasteiger partial charge on any atom is -0.497 e. The standard InChI is InChI=1S/C20H17N3O3S/c1-25-15-8-6-14(7-9-15)21-19(24)18-12-27-20-22-17(11-23(18)20)13-4-3-5-16(10-13)26-2/h3-12H,1-2H3,(H,21,24). The van der Waals surface area contributed by atoms with Gasteiger partial charge in [0.25, 0.3) is 5.91 Å². The number of aromatic nitrogens is 2. The number of hydrogen-bond acceptors (Lipinski definition) is 5. The number of carbonyl (C=O) groups is 1. The summed E-state index contributed by atoms with van der Waals surface area (Å²) in [7, 11) is 3.24. The molecule has 0 radical (unpaired) electrons. The predicted octanol–water partition coefficient (Wildman–Crippen LogP) is 4.33. The van der Waals surface area contributed by atoms with Gasteiger partial charge in [-0.05, 0) is 36.4 Å². The minimum absolute atomic E-state index is 0.194. The highest BCUT2D eigenvalue weighted by molar-refractivity contribution is 7.15. The van der Waals surface area contributed by atoms with Crippen molar-refractivity contribution in [3.63, 3.8) is 0 Å². The van der Waals surface area contributed by atoms with Crippen molar-refractivity contribution in [2.45, 2.75) is 0 Å². The van der Waals surface area contributed by atoms with Gasteiger partial charge in [0.2, 0.25) is 0 Å². The average Bonchev–Trinajstić information content (AvgIpc) is 3.29. The lowest BCUT2D eigenvalue weighted by atomic mass is 10.1. The summed E-state index contributed by atoms with van der Waals surface area (Å²) < 4.78 is 12.2. The molecule has 0 bridgehead atoms. The van der Waals surface area contributed by atoms with Crippen molar-refractivity contribution in [3.8, 4) is 22.8 Å². The Morgan fingerprint density at radius 2 is 1.85 bits per heavy atom. The van der Waals surface area contributed by atoms with Gasteiger partial charge in [0.05, 0.1) is 19.9 Å². The fraction of sp³-hybridized carbons (Fsp3) is 0.100. The molecule has 0 saturated carbocycles. The van der Waals surface area contributed by atoms with Crippen molar-refractivity contribution in [3.05, 3.63) is 65.8 Å². The van der Waals surface area contributed by atoms with Crippen LogP contribution in [0.2, 0.25) is 0 Å². The van der Waals surface area contributed by atoms with Crippen LogP contribution in [0.15, 0.2) is 60.1 Å². The number of fused-ring (bicyclic) bond motifs is 1. The van der Waals surface area contributed by atoms with E-state index in [1.165, 1.54) is 11.3 Å². The topological polar surface area (TPSA) is 64.9 Å². The molecule has 136 valence electrons. The highest BCUT2D eigenvalue weighted by Gasteiger charge is 2.15. The summed E-state index contributed by atoms with van der Waals surface area (Å²) in [6.45, 7) is 0. The number of benzene rings is 2. The molecule has 2 aromatic heterocycles. The third-order valence-electron chi connectivity index (χ3n) is 4.16. The van der Waals surface area contributed by atoms with Crippen LogP contribution in [0.3, 0.4) is 0 Å². The Morgan fingerprint density at radius 1 is 1.07 bits per heavy atom. The second kappa shape index (κ2) is 7.13. The second-order valence-corrected chi connectivity index (χ2v) is 6.65. The number of nitrogens with zero attached hydrogens (tertiary/aromatic N) is 2. The molecule has 0 saturated heterocycles. The zero-order valence-electron chi connectivity index (χ0n) is 14.8. The number of amides is 1. The molecular weight excluding hydrogens is 362 g/mol. The van der Waals surface area contributed by atoms with E-state index >= 15 is 0 Å². The first-order valence-corrected chi connectivity index (χ1v) is 9.12. The quantitative estimate of drug-likeness (QED) is 0.560. The maximum atomic E-state index is 12.7. The molecule has 1 amide bonds. The van der Waals surface area contributed by atoms with E-state index in [9.17, 15) is 4.79 Å². The number of anilines is 1. The molecule has 0 aliphatic heterocycles. The van der Waals surface area contributed by atoms with Crippen LogP contribution in [0.4, 0.5) is 5.69 Å². The molecule has 0 spiro atoms. The van der Waals surface area contributed by atoms with Gasteiger partial charge in [-0.15, -0.1) is 11.3 Å². The van der Waals surface area contributed by atoms with E-state index in [1.807, 2.05) is 30.5 Å². The van der Waals surface area contributed by atoms with E-state index in [-0.39, 0.29) is 5.91 Å². The molecule has 1 N–H and O–H groups in total. The van der Waals surface area contributed by atoms with E-state index in [0.29, 0.717) is 11.4 Å². The number of methoxy groups -OCH3 is 2. The molecule has 0 fully saturated rings. The van der Waals surface area contributed by atoms with E-state index in [4.69, 9.17) is 9.47 Å². The molecule has 0 aliphatic carbocycles. The smallest absolute Gasteiger partial charge is 0.273 e. The maximum absolute atomic E-state index is 12.7. The zero-order valence-corrected chi connectivity index (χ0v) is 15.6. The lowest BCUT2D eigenvalue weighted by Crippen LogP contribution is -2.13. The molecule has 0 aliphatic rings. The van der Waals surface area contributed by atoms with Gasteiger partial charge < -0.3 is 14.8 Å². The van der Waals surface area contributed by atoms with Gasteiger partial charge in [-0.3, -0.25) is 9.20 Å². The normalized spacial score (nSPS) is 10.7. The highest BCUT2D eigenvalue weighted by atomic mass is 32.1. The fourth-order valence-corrected chi connectivity index (χ4v) is 3.59. The summed E-state index contributed by atoms with van der Waals surface area (Å²) in [5.41, 5.74) is 2.96. The van der Waals surface area contributed by atoms with Crippen molar-refractivity contribution >= 4 is 27.9 Å². The molecule has 6 nitrogen and oxygen atoms in total. The van der Waals surface area contributed by atoms with Crippen molar-refractivity contribution in [2.75, 3.05) is 19.5 Å². The number of imidazole rings is 1. The van der Waals surface area contributed by atoms with Gasteiger partial charge in [0, 0.05) is 22.8 Å². The summed E-state index contributed by atoms with van der Waals surface area (Å²) in [4.78, 5) is 18.1. The van der Waals surface area contributed by atoms with Gasteiger partial charge in [-0.1, -0.05) is 12.1 Å². The van der Waals surface area contributed by atoms with Crippen molar-refractivity contribution in [1.82, 2.24) is 9.38 Å². The van der Waals surface area contributed by atoms with Gasteiger partial charge in [0.15, 0.2) is 4.96 Å². The number of hydrogen-bond donors (Lipinski definition) is 1. The summed E-state index contributed by atoms with van der Waals surface area (Å²) in [5, 5.41) is 4.70. The van der Waals surface area contributed by atoms with Gasteiger partial charge >= 0.3 is 0 Å². The number of nitrogens with one attached hydrogen (secondary N) is 1. The lowest BCUT2D eigenvalue weighted by molar-refractivity contribution is 0.102. The molecule has 4 rings (SSSR count). The molecule has 0 atom stereocenters. The molecule has 2 heterocycles. The summed E-state index contributed by atoms with van der Waals surface area (Å²) in [6.07, 6.45) is 1.86. The number of carbonyl (C=O) groups excluding carboxylic acids is 1. The van der Waals surface area contributed by atoms with Crippen LogP contribution in [0.1, 0.15) is 10.5 Å². The summed E-state index contributed by atoms with van der Waals surface area (Å²) in [6, 6.07) is 14.9. The molecule has 4 aromatic rings. The Labute approximate surface area is 160 Å². The Bertz CT molecular complexity index is 1100.